The lowest BCUT2D eigenvalue weighted by Gasteiger charge is -2.59. The van der Waals surface area contributed by atoms with Crippen molar-refractivity contribution >= 4 is 5.91 Å². The van der Waals surface area contributed by atoms with Crippen LogP contribution < -0.4 is 0 Å². The molecule has 0 atom stereocenters. The molecule has 0 unspecified atom stereocenters. The highest BCUT2D eigenvalue weighted by Crippen LogP contribution is 2.58. The summed E-state index contributed by atoms with van der Waals surface area (Å²) >= 11 is 0. The van der Waals surface area contributed by atoms with Crippen LogP contribution in [0.4, 0.5) is 13.2 Å². The summed E-state index contributed by atoms with van der Waals surface area (Å²) in [4.78, 5) is 19.0. The fourth-order valence-corrected chi connectivity index (χ4v) is 5.40. The highest BCUT2D eigenvalue weighted by molar-refractivity contribution is 5.81. The van der Waals surface area contributed by atoms with E-state index in [9.17, 15) is 18.0 Å². The van der Waals surface area contributed by atoms with E-state index in [0.717, 1.165) is 31.8 Å². The van der Waals surface area contributed by atoms with Gasteiger partial charge in [0, 0.05) is 30.3 Å². The van der Waals surface area contributed by atoms with E-state index in [1.807, 2.05) is 15.9 Å². The van der Waals surface area contributed by atoms with Crippen LogP contribution in [0.5, 0.6) is 0 Å². The van der Waals surface area contributed by atoms with E-state index in [2.05, 4.69) is 10.1 Å². The van der Waals surface area contributed by atoms with E-state index in [-0.39, 0.29) is 42.8 Å². The molecule has 4 saturated carbocycles. The van der Waals surface area contributed by atoms with Crippen LogP contribution in [0.15, 0.2) is 6.33 Å². The number of ether oxygens (including phenoxy) is 1. The number of amides is 1. The minimum atomic E-state index is -4.18. The lowest BCUT2D eigenvalue weighted by molar-refractivity contribution is -0.211. The van der Waals surface area contributed by atoms with Crippen LogP contribution in [-0.2, 0) is 9.53 Å². The van der Waals surface area contributed by atoms with Gasteiger partial charge in [-0.2, -0.15) is 18.3 Å². The van der Waals surface area contributed by atoms with Gasteiger partial charge in [0.05, 0.1) is 24.2 Å². The molecular formula is C21H27F3N4O2. The molecule has 5 fully saturated rings. The molecule has 30 heavy (non-hydrogen) atoms. The molecule has 1 aliphatic heterocycles. The van der Waals surface area contributed by atoms with Crippen molar-refractivity contribution in [3.8, 4) is 0 Å². The average molecular weight is 424 g/mol. The van der Waals surface area contributed by atoms with E-state index in [1.165, 1.54) is 12.8 Å². The van der Waals surface area contributed by atoms with Gasteiger partial charge >= 0.3 is 6.18 Å². The second-order valence-electron chi connectivity index (χ2n) is 10.5. The lowest BCUT2D eigenvalue weighted by atomic mass is 9.60. The second kappa shape index (κ2) is 6.20. The second-order valence-corrected chi connectivity index (χ2v) is 10.5. The van der Waals surface area contributed by atoms with Gasteiger partial charge in [-0.1, -0.05) is 0 Å². The van der Waals surface area contributed by atoms with Gasteiger partial charge in [-0.25, -0.2) is 9.67 Å². The van der Waals surface area contributed by atoms with Gasteiger partial charge in [0.2, 0.25) is 5.91 Å². The molecule has 1 saturated heterocycles. The highest BCUT2D eigenvalue weighted by Gasteiger charge is 2.64. The molecule has 5 aliphatic rings. The summed E-state index contributed by atoms with van der Waals surface area (Å²) < 4.78 is 46.4. The molecule has 6 rings (SSSR count). The smallest absolute Gasteiger partial charge is 0.377 e. The largest absolute Gasteiger partial charge is 0.396 e. The number of rotatable bonds is 6. The molecular weight excluding hydrogens is 397 g/mol. The third-order valence-corrected chi connectivity index (χ3v) is 8.04. The van der Waals surface area contributed by atoms with Crippen molar-refractivity contribution in [3.63, 3.8) is 0 Å². The number of aromatic nitrogens is 3. The number of likely N-dealkylation sites (tertiary alicyclic amines) is 1. The SMILES string of the molecule is O=C(C1CC(OCC2(C(F)(F)F)CC2)C1)N1CC2(CC(n3cnc(C4CC4)n3)C2)C1. The molecule has 4 aliphatic carbocycles. The Balaban J connectivity index is 0.923. The molecule has 0 radical (unpaired) electrons. The van der Waals surface area contributed by atoms with Crippen molar-refractivity contribution in [1.29, 1.82) is 0 Å². The Morgan fingerprint density at radius 1 is 1.20 bits per heavy atom. The van der Waals surface area contributed by atoms with Crippen LogP contribution >= 0.6 is 0 Å². The van der Waals surface area contributed by atoms with Crippen molar-refractivity contribution in [2.24, 2.45) is 16.7 Å². The lowest BCUT2D eigenvalue weighted by Crippen LogP contribution is -2.65. The van der Waals surface area contributed by atoms with Crippen LogP contribution in [0.3, 0.4) is 0 Å². The Bertz CT molecular complexity index is 841. The number of carbonyl (C=O) groups excluding carboxylic acids is 1. The summed E-state index contributed by atoms with van der Waals surface area (Å²) in [6, 6.07) is 0.395. The Morgan fingerprint density at radius 2 is 1.90 bits per heavy atom. The van der Waals surface area contributed by atoms with Crippen LogP contribution in [0.1, 0.15) is 69.2 Å². The quantitative estimate of drug-likeness (QED) is 0.702. The first-order valence-corrected chi connectivity index (χ1v) is 11.1. The van der Waals surface area contributed by atoms with Gasteiger partial charge in [-0.3, -0.25) is 4.79 Å². The summed E-state index contributed by atoms with van der Waals surface area (Å²) in [5.41, 5.74) is -1.38. The normalized spacial score (nSPS) is 31.8. The first kappa shape index (κ1) is 19.1. The van der Waals surface area contributed by atoms with E-state index in [4.69, 9.17) is 4.74 Å². The van der Waals surface area contributed by atoms with Crippen molar-refractivity contribution < 1.29 is 22.7 Å². The minimum Gasteiger partial charge on any atom is -0.377 e. The topological polar surface area (TPSA) is 60.2 Å². The standard InChI is InChI=1S/C21H27F3N4O2/c22-21(23,24)20(3-4-20)11-30-16-5-14(6-16)18(29)27-9-19(10-27)7-15(8-19)28-12-25-17(26-28)13-1-2-13/h12-16H,1-11H2. The number of hydrogen-bond donors (Lipinski definition) is 0. The monoisotopic (exact) mass is 424 g/mol. The Hall–Kier alpha value is -1.64. The van der Waals surface area contributed by atoms with Gasteiger partial charge < -0.3 is 9.64 Å². The zero-order valence-corrected chi connectivity index (χ0v) is 16.9. The van der Waals surface area contributed by atoms with Gasteiger partial charge in [0.1, 0.15) is 6.33 Å². The van der Waals surface area contributed by atoms with E-state index >= 15 is 0 Å². The van der Waals surface area contributed by atoms with Crippen LogP contribution in [0.25, 0.3) is 0 Å². The zero-order chi connectivity index (χ0) is 20.7. The highest BCUT2D eigenvalue weighted by atomic mass is 19.4. The molecule has 164 valence electrons. The molecule has 0 bridgehead atoms. The number of hydrogen-bond acceptors (Lipinski definition) is 4. The molecule has 1 spiro atoms. The first-order valence-electron chi connectivity index (χ1n) is 11.1. The summed E-state index contributed by atoms with van der Waals surface area (Å²) in [5, 5.41) is 4.63. The first-order chi connectivity index (χ1) is 14.3. The van der Waals surface area contributed by atoms with Crippen molar-refractivity contribution in [2.45, 2.75) is 75.6 Å². The zero-order valence-electron chi connectivity index (χ0n) is 16.9. The maximum atomic E-state index is 13.0. The van der Waals surface area contributed by atoms with Crippen LogP contribution in [0, 0.1) is 16.7 Å². The summed E-state index contributed by atoms with van der Waals surface area (Å²) in [6.45, 7) is 1.35. The van der Waals surface area contributed by atoms with E-state index < -0.39 is 11.6 Å². The maximum absolute atomic E-state index is 13.0. The van der Waals surface area contributed by atoms with E-state index in [0.29, 0.717) is 24.8 Å². The average Bonchev–Trinajstić information content (AvgIpc) is 3.50. The van der Waals surface area contributed by atoms with Gasteiger partial charge in [-0.05, 0) is 51.4 Å². The van der Waals surface area contributed by atoms with Crippen molar-refractivity contribution in [1.82, 2.24) is 19.7 Å². The molecule has 9 heteroatoms. The maximum Gasteiger partial charge on any atom is 0.396 e. The van der Waals surface area contributed by atoms with Gasteiger partial charge in [0.25, 0.3) is 0 Å². The molecule has 6 nitrogen and oxygen atoms in total. The van der Waals surface area contributed by atoms with Gasteiger partial charge in [-0.15, -0.1) is 0 Å². The van der Waals surface area contributed by atoms with E-state index in [1.54, 1.807) is 0 Å². The molecule has 1 aromatic heterocycles. The molecule has 0 N–H and O–H groups in total. The summed E-state index contributed by atoms with van der Waals surface area (Å²) in [5.74, 6) is 1.61. The van der Waals surface area contributed by atoms with Crippen LogP contribution in [-0.4, -0.2) is 57.5 Å². The van der Waals surface area contributed by atoms with Gasteiger partial charge in [0.15, 0.2) is 5.82 Å². The number of nitrogens with zero attached hydrogens (tertiary/aromatic N) is 4. The molecule has 0 aromatic carbocycles. The molecule has 2 heterocycles. The predicted molar refractivity (Wildman–Crippen MR) is 99.5 cm³/mol. The molecule has 1 amide bonds. The third-order valence-electron chi connectivity index (χ3n) is 8.04. The number of halogens is 3. The van der Waals surface area contributed by atoms with Crippen molar-refractivity contribution in [3.05, 3.63) is 12.2 Å². The fourth-order valence-electron chi connectivity index (χ4n) is 5.40. The Morgan fingerprint density at radius 3 is 2.50 bits per heavy atom. The number of carbonyl (C=O) groups is 1. The summed E-state index contributed by atoms with van der Waals surface area (Å²) in [6.07, 6.45) is 3.41. The Kier molecular flexibility index (Phi) is 3.94. The number of alkyl halides is 3. The third kappa shape index (κ3) is 3.07. The Labute approximate surface area is 173 Å². The molecule has 1 aromatic rings. The summed E-state index contributed by atoms with van der Waals surface area (Å²) in [7, 11) is 0. The van der Waals surface area contributed by atoms with Crippen LogP contribution in [0.2, 0.25) is 0 Å². The fraction of sp³-hybridized carbons (Fsp3) is 0.857. The minimum absolute atomic E-state index is 0.0827. The predicted octanol–water partition coefficient (Wildman–Crippen LogP) is 3.46. The van der Waals surface area contributed by atoms with Crippen molar-refractivity contribution in [2.75, 3.05) is 19.7 Å².